The first kappa shape index (κ1) is 21.0. The van der Waals surface area contributed by atoms with Crippen molar-refractivity contribution in [2.45, 2.75) is 46.0 Å². The van der Waals surface area contributed by atoms with Gasteiger partial charge in [-0.2, -0.15) is 5.10 Å². The third kappa shape index (κ3) is 4.58. The van der Waals surface area contributed by atoms with E-state index in [1.807, 2.05) is 10.6 Å². The van der Waals surface area contributed by atoms with E-state index in [1.54, 1.807) is 18.3 Å². The zero-order valence-corrected chi connectivity index (χ0v) is 18.1. The van der Waals surface area contributed by atoms with Crippen molar-refractivity contribution in [3.63, 3.8) is 0 Å². The molecule has 0 spiro atoms. The summed E-state index contributed by atoms with van der Waals surface area (Å²) < 4.78 is 15.6. The Bertz CT molecular complexity index is 1150. The molecule has 0 bridgehead atoms. The molecule has 4 aromatic rings. The van der Waals surface area contributed by atoms with Crippen LogP contribution in [0.3, 0.4) is 0 Å². The van der Waals surface area contributed by atoms with Crippen molar-refractivity contribution in [2.24, 2.45) is 0 Å². The zero-order valence-electron chi connectivity index (χ0n) is 18.1. The fraction of sp³-hybridized carbons (Fsp3) is 0.320. The molecule has 0 unspecified atom stereocenters. The summed E-state index contributed by atoms with van der Waals surface area (Å²) in [5.74, 6) is 0.347. The molecule has 4 rings (SSSR count). The lowest BCUT2D eigenvalue weighted by Gasteiger charge is -2.07. The van der Waals surface area contributed by atoms with Crippen LogP contribution in [0.15, 0.2) is 54.7 Å². The summed E-state index contributed by atoms with van der Waals surface area (Å²) in [7, 11) is 0. The molecule has 160 valence electrons. The van der Waals surface area contributed by atoms with Gasteiger partial charge in [0.05, 0.1) is 16.8 Å². The first-order valence-electron chi connectivity index (χ1n) is 11.0. The molecule has 5 nitrogen and oxygen atoms in total. The van der Waals surface area contributed by atoms with E-state index in [9.17, 15) is 4.39 Å². The number of fused-ring (bicyclic) bond motifs is 1. The van der Waals surface area contributed by atoms with Crippen molar-refractivity contribution in [3.8, 4) is 22.5 Å². The van der Waals surface area contributed by atoms with Gasteiger partial charge in [-0.15, -0.1) is 0 Å². The fourth-order valence-electron chi connectivity index (χ4n) is 3.69. The summed E-state index contributed by atoms with van der Waals surface area (Å²) in [6.45, 7) is 5.18. The van der Waals surface area contributed by atoms with Gasteiger partial charge in [-0.25, -0.2) is 18.9 Å². The molecule has 1 aromatic carbocycles. The van der Waals surface area contributed by atoms with E-state index in [-0.39, 0.29) is 5.82 Å². The van der Waals surface area contributed by atoms with Gasteiger partial charge in [0, 0.05) is 24.0 Å². The van der Waals surface area contributed by atoms with Crippen molar-refractivity contribution in [3.05, 3.63) is 66.2 Å². The second-order valence-corrected chi connectivity index (χ2v) is 7.69. The number of nitrogens with one attached hydrogen (secondary N) is 1. The Labute approximate surface area is 182 Å². The van der Waals surface area contributed by atoms with Crippen LogP contribution in [0.4, 0.5) is 10.3 Å². The standard InChI is InChI=1S/C25H28FN5/c1-3-5-8-20-9-7-10-22-23(21-15-17-28-25(29-21)27-16-6-4-2)24(30-31(20)22)18-11-13-19(26)14-12-18/h7,9-15,17H,3-6,8,16H2,1-2H3,(H,27,28,29). The molecule has 3 aromatic heterocycles. The number of hydrogen-bond acceptors (Lipinski definition) is 4. The lowest BCUT2D eigenvalue weighted by Crippen LogP contribution is -2.05. The van der Waals surface area contributed by atoms with Crippen LogP contribution in [-0.2, 0) is 6.42 Å². The highest BCUT2D eigenvalue weighted by Gasteiger charge is 2.19. The van der Waals surface area contributed by atoms with Gasteiger partial charge in [0.15, 0.2) is 0 Å². The maximum atomic E-state index is 13.6. The van der Waals surface area contributed by atoms with E-state index in [2.05, 4.69) is 42.3 Å². The quantitative estimate of drug-likeness (QED) is 0.332. The summed E-state index contributed by atoms with van der Waals surface area (Å²) >= 11 is 0. The molecule has 0 radical (unpaired) electrons. The third-order valence-corrected chi connectivity index (χ3v) is 5.37. The van der Waals surface area contributed by atoms with Gasteiger partial charge in [-0.3, -0.25) is 0 Å². The van der Waals surface area contributed by atoms with Crippen molar-refractivity contribution >= 4 is 11.5 Å². The van der Waals surface area contributed by atoms with Gasteiger partial charge in [0.2, 0.25) is 5.95 Å². The van der Waals surface area contributed by atoms with E-state index in [4.69, 9.17) is 10.1 Å². The third-order valence-electron chi connectivity index (χ3n) is 5.37. The lowest BCUT2D eigenvalue weighted by atomic mass is 10.0. The minimum absolute atomic E-state index is 0.262. The number of pyridine rings is 1. The van der Waals surface area contributed by atoms with Crippen LogP contribution in [-0.4, -0.2) is 26.1 Å². The van der Waals surface area contributed by atoms with E-state index in [0.717, 1.165) is 72.4 Å². The van der Waals surface area contributed by atoms with E-state index in [1.165, 1.54) is 12.1 Å². The van der Waals surface area contributed by atoms with Crippen molar-refractivity contribution in [1.82, 2.24) is 19.6 Å². The summed E-state index contributed by atoms with van der Waals surface area (Å²) in [4.78, 5) is 9.16. The molecule has 31 heavy (non-hydrogen) atoms. The van der Waals surface area contributed by atoms with Crippen molar-refractivity contribution < 1.29 is 4.39 Å². The molecule has 0 saturated heterocycles. The molecule has 0 saturated carbocycles. The lowest BCUT2D eigenvalue weighted by molar-refractivity contribution is 0.628. The monoisotopic (exact) mass is 417 g/mol. The second kappa shape index (κ2) is 9.69. The molecule has 0 fully saturated rings. The maximum absolute atomic E-state index is 13.6. The van der Waals surface area contributed by atoms with Gasteiger partial charge >= 0.3 is 0 Å². The molecule has 1 N–H and O–H groups in total. The maximum Gasteiger partial charge on any atom is 0.223 e. The summed E-state index contributed by atoms with van der Waals surface area (Å²) in [5, 5.41) is 8.26. The van der Waals surface area contributed by atoms with Crippen LogP contribution < -0.4 is 5.32 Å². The molecule has 6 heteroatoms. The number of aromatic nitrogens is 4. The number of hydrogen-bond donors (Lipinski definition) is 1. The second-order valence-electron chi connectivity index (χ2n) is 7.69. The van der Waals surface area contributed by atoms with Crippen LogP contribution in [0.1, 0.15) is 45.2 Å². The highest BCUT2D eigenvalue weighted by atomic mass is 19.1. The van der Waals surface area contributed by atoms with Crippen LogP contribution in [0, 0.1) is 5.82 Å². The first-order valence-corrected chi connectivity index (χ1v) is 11.0. The predicted molar refractivity (Wildman–Crippen MR) is 124 cm³/mol. The minimum Gasteiger partial charge on any atom is -0.354 e. The molecule has 0 aliphatic heterocycles. The fourth-order valence-corrected chi connectivity index (χ4v) is 3.69. The average molecular weight is 418 g/mol. The highest BCUT2D eigenvalue weighted by Crippen LogP contribution is 2.35. The predicted octanol–water partition coefficient (Wildman–Crippen LogP) is 6.15. The van der Waals surface area contributed by atoms with Crippen LogP contribution >= 0.6 is 0 Å². The largest absolute Gasteiger partial charge is 0.354 e. The molecular weight excluding hydrogens is 389 g/mol. The molecule has 0 aliphatic rings. The average Bonchev–Trinajstić information content (AvgIpc) is 3.19. The van der Waals surface area contributed by atoms with Crippen LogP contribution in [0.5, 0.6) is 0 Å². The molecule has 3 heterocycles. The Morgan fingerprint density at radius 3 is 2.55 bits per heavy atom. The van der Waals surface area contributed by atoms with Gasteiger partial charge in [-0.1, -0.05) is 32.8 Å². The number of benzene rings is 1. The van der Waals surface area contributed by atoms with Crippen LogP contribution in [0.2, 0.25) is 0 Å². The Morgan fingerprint density at radius 1 is 0.968 bits per heavy atom. The minimum atomic E-state index is -0.262. The molecular formula is C25H28FN5. The highest BCUT2D eigenvalue weighted by molar-refractivity contribution is 5.91. The summed E-state index contributed by atoms with van der Waals surface area (Å²) in [6.07, 6.45) is 7.11. The molecule has 0 amide bonds. The zero-order chi connectivity index (χ0) is 21.6. The number of nitrogens with zero attached hydrogens (tertiary/aromatic N) is 4. The number of rotatable bonds is 9. The number of aryl methyl sites for hydroxylation is 1. The van der Waals surface area contributed by atoms with Crippen molar-refractivity contribution in [1.29, 1.82) is 0 Å². The molecule has 0 atom stereocenters. The van der Waals surface area contributed by atoms with Gasteiger partial charge in [-0.05, 0) is 61.7 Å². The van der Waals surface area contributed by atoms with Gasteiger partial charge in [0.25, 0.3) is 0 Å². The smallest absolute Gasteiger partial charge is 0.223 e. The Kier molecular flexibility index (Phi) is 6.55. The van der Waals surface area contributed by atoms with Gasteiger partial charge in [0.1, 0.15) is 11.5 Å². The molecule has 0 aliphatic carbocycles. The number of halogens is 1. The van der Waals surface area contributed by atoms with Crippen LogP contribution in [0.25, 0.3) is 28.0 Å². The SMILES string of the molecule is CCCCNc1nccc(-c2c(-c3ccc(F)cc3)nn3c(CCCC)cccc23)n1. The summed E-state index contributed by atoms with van der Waals surface area (Å²) in [6, 6.07) is 14.7. The number of unbranched alkanes of at least 4 members (excludes halogenated alkanes) is 2. The van der Waals surface area contributed by atoms with E-state index >= 15 is 0 Å². The topological polar surface area (TPSA) is 55.1 Å². The van der Waals surface area contributed by atoms with E-state index in [0.29, 0.717) is 5.95 Å². The Balaban J connectivity index is 1.87. The normalized spacial score (nSPS) is 11.2. The van der Waals surface area contributed by atoms with Crippen molar-refractivity contribution in [2.75, 3.05) is 11.9 Å². The van der Waals surface area contributed by atoms with Gasteiger partial charge < -0.3 is 5.32 Å². The van der Waals surface area contributed by atoms with E-state index < -0.39 is 0 Å². The Hall–Kier alpha value is -3.28. The number of anilines is 1. The first-order chi connectivity index (χ1) is 15.2. The summed E-state index contributed by atoms with van der Waals surface area (Å²) in [5.41, 5.74) is 5.54. The Morgan fingerprint density at radius 2 is 1.77 bits per heavy atom.